The van der Waals surface area contributed by atoms with E-state index in [9.17, 15) is 14.9 Å². The largest absolute Gasteiger partial charge is 0.336 e. The van der Waals surface area contributed by atoms with Gasteiger partial charge in [-0.25, -0.2) is 0 Å². The predicted molar refractivity (Wildman–Crippen MR) is 75.5 cm³/mol. The van der Waals surface area contributed by atoms with E-state index in [1.165, 1.54) is 12.1 Å². The number of carbonyl (C=O) groups excluding carboxylic acids is 1. The standard InChI is InChI=1S/C14H19N3O3/c1-9-7-11(3-4-13(9)17(19)20)14(18)16-6-5-12(15)8-10(16)2/h3-4,7,10,12H,5-6,8,15H2,1-2H3. The van der Waals surface area contributed by atoms with E-state index in [-0.39, 0.29) is 23.7 Å². The Balaban J connectivity index is 2.21. The Morgan fingerprint density at radius 2 is 2.20 bits per heavy atom. The monoisotopic (exact) mass is 277 g/mol. The van der Waals surface area contributed by atoms with Crippen LogP contribution in [-0.4, -0.2) is 34.4 Å². The number of benzene rings is 1. The van der Waals surface area contributed by atoms with Crippen LogP contribution >= 0.6 is 0 Å². The average Bonchev–Trinajstić information content (AvgIpc) is 2.37. The number of aryl methyl sites for hydroxylation is 1. The van der Waals surface area contributed by atoms with Crippen molar-refractivity contribution in [3.63, 3.8) is 0 Å². The number of nitro benzene ring substituents is 1. The molecular formula is C14H19N3O3. The van der Waals surface area contributed by atoms with Crippen molar-refractivity contribution in [3.05, 3.63) is 39.4 Å². The van der Waals surface area contributed by atoms with Gasteiger partial charge in [-0.2, -0.15) is 0 Å². The fraction of sp³-hybridized carbons (Fsp3) is 0.500. The van der Waals surface area contributed by atoms with Gasteiger partial charge in [0.25, 0.3) is 11.6 Å². The molecule has 2 atom stereocenters. The molecule has 1 amide bonds. The van der Waals surface area contributed by atoms with E-state index in [1.807, 2.05) is 6.92 Å². The summed E-state index contributed by atoms with van der Waals surface area (Å²) >= 11 is 0. The molecule has 0 radical (unpaired) electrons. The van der Waals surface area contributed by atoms with Crippen LogP contribution in [0, 0.1) is 17.0 Å². The van der Waals surface area contributed by atoms with Crippen molar-refractivity contribution >= 4 is 11.6 Å². The second kappa shape index (κ2) is 5.58. The van der Waals surface area contributed by atoms with Gasteiger partial charge in [0.15, 0.2) is 0 Å². The highest BCUT2D eigenvalue weighted by Crippen LogP contribution is 2.22. The minimum Gasteiger partial charge on any atom is -0.336 e. The van der Waals surface area contributed by atoms with Gasteiger partial charge in [0, 0.05) is 35.8 Å². The molecule has 0 aliphatic carbocycles. The summed E-state index contributed by atoms with van der Waals surface area (Å²) in [5.74, 6) is -0.0811. The topological polar surface area (TPSA) is 89.5 Å². The molecule has 0 spiro atoms. The van der Waals surface area contributed by atoms with Gasteiger partial charge in [-0.3, -0.25) is 14.9 Å². The van der Waals surface area contributed by atoms with Crippen molar-refractivity contribution in [1.82, 2.24) is 4.90 Å². The van der Waals surface area contributed by atoms with Crippen LogP contribution in [0.1, 0.15) is 35.7 Å². The fourth-order valence-corrected chi connectivity index (χ4v) is 2.67. The highest BCUT2D eigenvalue weighted by Gasteiger charge is 2.28. The third-order valence-electron chi connectivity index (χ3n) is 3.82. The number of nitro groups is 1. The number of nitrogens with zero attached hydrogens (tertiary/aromatic N) is 2. The van der Waals surface area contributed by atoms with Gasteiger partial charge in [0.1, 0.15) is 0 Å². The van der Waals surface area contributed by atoms with Crippen LogP contribution in [-0.2, 0) is 0 Å². The lowest BCUT2D eigenvalue weighted by Crippen LogP contribution is -2.48. The lowest BCUT2D eigenvalue weighted by atomic mass is 9.98. The maximum Gasteiger partial charge on any atom is 0.272 e. The summed E-state index contributed by atoms with van der Waals surface area (Å²) < 4.78 is 0. The summed E-state index contributed by atoms with van der Waals surface area (Å²) in [6, 6.07) is 4.74. The first kappa shape index (κ1) is 14.5. The van der Waals surface area contributed by atoms with Crippen molar-refractivity contribution in [2.45, 2.75) is 38.8 Å². The van der Waals surface area contributed by atoms with E-state index in [0.717, 1.165) is 12.8 Å². The van der Waals surface area contributed by atoms with Crippen molar-refractivity contribution in [3.8, 4) is 0 Å². The third-order valence-corrected chi connectivity index (χ3v) is 3.82. The van der Waals surface area contributed by atoms with Crippen molar-refractivity contribution in [2.24, 2.45) is 5.73 Å². The Kier molecular flexibility index (Phi) is 4.04. The van der Waals surface area contributed by atoms with Crippen LogP contribution in [0.2, 0.25) is 0 Å². The zero-order chi connectivity index (χ0) is 14.9. The quantitative estimate of drug-likeness (QED) is 0.660. The molecule has 2 N–H and O–H groups in total. The van der Waals surface area contributed by atoms with Gasteiger partial charge in [-0.15, -0.1) is 0 Å². The smallest absolute Gasteiger partial charge is 0.272 e. The Morgan fingerprint density at radius 3 is 2.75 bits per heavy atom. The Hall–Kier alpha value is -1.95. The molecule has 2 unspecified atom stereocenters. The number of hydrogen-bond acceptors (Lipinski definition) is 4. The highest BCUT2D eigenvalue weighted by molar-refractivity contribution is 5.95. The zero-order valence-electron chi connectivity index (χ0n) is 11.7. The molecule has 1 aromatic rings. The number of rotatable bonds is 2. The lowest BCUT2D eigenvalue weighted by molar-refractivity contribution is -0.385. The molecule has 2 rings (SSSR count). The number of nitrogens with two attached hydrogens (primary N) is 1. The molecule has 1 aliphatic heterocycles. The summed E-state index contributed by atoms with van der Waals surface area (Å²) in [5.41, 5.74) is 6.93. The van der Waals surface area contributed by atoms with Gasteiger partial charge in [-0.05, 0) is 38.8 Å². The second-order valence-electron chi connectivity index (χ2n) is 5.39. The first-order chi connectivity index (χ1) is 9.40. The molecule has 0 saturated carbocycles. The first-order valence-electron chi connectivity index (χ1n) is 6.71. The lowest BCUT2D eigenvalue weighted by Gasteiger charge is -2.36. The summed E-state index contributed by atoms with van der Waals surface area (Å²) in [6.07, 6.45) is 1.58. The molecule has 1 saturated heterocycles. The van der Waals surface area contributed by atoms with Gasteiger partial charge in [0.2, 0.25) is 0 Å². The van der Waals surface area contributed by atoms with Crippen LogP contribution < -0.4 is 5.73 Å². The van der Waals surface area contributed by atoms with Crippen LogP contribution in [0.25, 0.3) is 0 Å². The number of carbonyl (C=O) groups is 1. The molecule has 20 heavy (non-hydrogen) atoms. The van der Waals surface area contributed by atoms with Gasteiger partial charge in [-0.1, -0.05) is 0 Å². The molecule has 6 nitrogen and oxygen atoms in total. The van der Waals surface area contributed by atoms with Crippen LogP contribution in [0.15, 0.2) is 18.2 Å². The van der Waals surface area contributed by atoms with E-state index in [1.54, 1.807) is 17.9 Å². The molecule has 1 fully saturated rings. The maximum absolute atomic E-state index is 12.5. The SMILES string of the molecule is Cc1cc(C(=O)N2CCC(N)CC2C)ccc1[N+](=O)[O-]. The molecule has 1 aliphatic rings. The van der Waals surface area contributed by atoms with E-state index < -0.39 is 4.92 Å². The van der Waals surface area contributed by atoms with Gasteiger partial charge >= 0.3 is 0 Å². The molecule has 1 aromatic carbocycles. The Bertz CT molecular complexity index is 544. The molecule has 108 valence electrons. The van der Waals surface area contributed by atoms with E-state index in [4.69, 9.17) is 5.73 Å². The second-order valence-corrected chi connectivity index (χ2v) is 5.39. The number of piperidine rings is 1. The number of likely N-dealkylation sites (tertiary alicyclic amines) is 1. The third kappa shape index (κ3) is 2.80. The number of hydrogen-bond donors (Lipinski definition) is 1. The van der Waals surface area contributed by atoms with E-state index in [0.29, 0.717) is 17.7 Å². The van der Waals surface area contributed by atoms with Gasteiger partial charge in [0.05, 0.1) is 4.92 Å². The minimum atomic E-state index is -0.438. The fourth-order valence-electron chi connectivity index (χ4n) is 2.67. The number of amides is 1. The summed E-state index contributed by atoms with van der Waals surface area (Å²) in [4.78, 5) is 24.6. The summed E-state index contributed by atoms with van der Waals surface area (Å²) in [7, 11) is 0. The highest BCUT2D eigenvalue weighted by atomic mass is 16.6. The minimum absolute atomic E-state index is 0.0373. The zero-order valence-corrected chi connectivity index (χ0v) is 11.7. The molecular weight excluding hydrogens is 258 g/mol. The van der Waals surface area contributed by atoms with Crippen molar-refractivity contribution < 1.29 is 9.72 Å². The van der Waals surface area contributed by atoms with Crippen molar-refractivity contribution in [2.75, 3.05) is 6.54 Å². The molecule has 1 heterocycles. The van der Waals surface area contributed by atoms with Crippen LogP contribution in [0.3, 0.4) is 0 Å². The predicted octanol–water partition coefficient (Wildman–Crippen LogP) is 1.86. The average molecular weight is 277 g/mol. The summed E-state index contributed by atoms with van der Waals surface area (Å²) in [5, 5.41) is 10.8. The van der Waals surface area contributed by atoms with Crippen LogP contribution in [0.5, 0.6) is 0 Å². The Morgan fingerprint density at radius 1 is 1.50 bits per heavy atom. The van der Waals surface area contributed by atoms with E-state index in [2.05, 4.69) is 0 Å². The Labute approximate surface area is 117 Å². The van der Waals surface area contributed by atoms with Crippen molar-refractivity contribution in [1.29, 1.82) is 0 Å². The van der Waals surface area contributed by atoms with Gasteiger partial charge < -0.3 is 10.6 Å². The molecule has 6 heteroatoms. The molecule has 0 bridgehead atoms. The first-order valence-corrected chi connectivity index (χ1v) is 6.71. The summed E-state index contributed by atoms with van der Waals surface area (Å²) in [6.45, 7) is 4.26. The van der Waals surface area contributed by atoms with E-state index >= 15 is 0 Å². The van der Waals surface area contributed by atoms with Crippen LogP contribution in [0.4, 0.5) is 5.69 Å². The normalized spacial score (nSPS) is 22.6. The maximum atomic E-state index is 12.5. The molecule has 0 aromatic heterocycles.